The van der Waals surface area contributed by atoms with E-state index in [9.17, 15) is 22.7 Å². The molecule has 1 aliphatic rings. The smallest absolute Gasteiger partial charge is 0.398 e. The van der Waals surface area contributed by atoms with Crippen LogP contribution in [0.5, 0.6) is 0 Å². The van der Waals surface area contributed by atoms with Gasteiger partial charge in [-0.25, -0.2) is 14.4 Å². The first-order valence-electron chi connectivity index (χ1n) is 14.0. The summed E-state index contributed by atoms with van der Waals surface area (Å²) in [6.45, 7) is 1.60. The van der Waals surface area contributed by atoms with Gasteiger partial charge in [-0.05, 0) is 37.6 Å². The Hall–Kier alpha value is -4.93. The van der Waals surface area contributed by atoms with Gasteiger partial charge in [0.15, 0.2) is 0 Å². The number of nitrogens with one attached hydrogen (secondary N) is 2. The number of nitrogens with zero attached hydrogens (tertiary/aromatic N) is 5. The summed E-state index contributed by atoms with van der Waals surface area (Å²) in [6.07, 6.45) is -3.08. The summed E-state index contributed by atoms with van der Waals surface area (Å²) in [7, 11) is -1.24. The van der Waals surface area contributed by atoms with Crippen molar-refractivity contribution in [3.8, 4) is 22.8 Å². The second-order valence-electron chi connectivity index (χ2n) is 10.8. The molecule has 1 atom stereocenters. The number of rotatable bonds is 10. The zero-order valence-electron chi connectivity index (χ0n) is 24.4. The number of benzene rings is 2. The lowest BCUT2D eigenvalue weighted by Crippen LogP contribution is -2.36. The second-order valence-corrected chi connectivity index (χ2v) is 10.8. The van der Waals surface area contributed by atoms with E-state index in [1.54, 1.807) is 32.0 Å². The Morgan fingerprint density at radius 2 is 1.83 bits per heavy atom. The van der Waals surface area contributed by atoms with Crippen molar-refractivity contribution in [2.24, 2.45) is 0 Å². The van der Waals surface area contributed by atoms with Crippen LogP contribution in [0.25, 0.3) is 22.8 Å². The van der Waals surface area contributed by atoms with Crippen LogP contribution in [0, 0.1) is 5.82 Å². The molecule has 46 heavy (non-hydrogen) atoms. The third-order valence-electron chi connectivity index (χ3n) is 7.01. The standard InChI is InChI=1S/C30H26BF4N7O4/c1-29(2)24-21(31(46-29)44-16-30(33,34)35)11-12-23(38-24)39-28-36-14-20(26(41-28)37-22(15-43)17-7-4-3-5-8-17)27-40-25(42-45-27)18-9-6-10-19(32)13-18/h3-14,22,43H,15-16H2,1-2H3,(H2,36,37,38,39,41)/t22-/m1/s1. The van der Waals surface area contributed by atoms with Crippen molar-refractivity contribution >= 4 is 30.2 Å². The Bertz CT molecular complexity index is 1840. The van der Waals surface area contributed by atoms with E-state index >= 15 is 0 Å². The molecule has 0 saturated carbocycles. The predicted molar refractivity (Wildman–Crippen MR) is 160 cm³/mol. The molecule has 0 spiro atoms. The van der Waals surface area contributed by atoms with Crippen LogP contribution in [0.3, 0.4) is 0 Å². The second kappa shape index (κ2) is 12.5. The molecule has 0 aliphatic carbocycles. The minimum Gasteiger partial charge on any atom is -0.398 e. The Balaban J connectivity index is 1.32. The van der Waals surface area contributed by atoms with E-state index in [-0.39, 0.29) is 30.1 Å². The van der Waals surface area contributed by atoms with E-state index in [2.05, 4.69) is 35.7 Å². The molecule has 2 aromatic carbocycles. The number of hydrogen-bond donors (Lipinski definition) is 3. The van der Waals surface area contributed by atoms with Crippen LogP contribution in [0.4, 0.5) is 35.1 Å². The minimum absolute atomic E-state index is 0.0394. The molecular formula is C30H26BF4N7O4. The molecule has 0 amide bonds. The normalized spacial score (nSPS) is 14.6. The SMILES string of the molecule is CC1(C)OB(OCC(F)(F)F)c2ccc(Nc3ncc(-c4nc(-c5cccc(F)c5)no4)c(N[C@H](CO)c4ccccc4)n3)nc21. The molecule has 5 aromatic rings. The molecule has 0 fully saturated rings. The lowest BCUT2D eigenvalue weighted by atomic mass is 9.80. The summed E-state index contributed by atoms with van der Waals surface area (Å²) in [6, 6.07) is 17.5. The monoisotopic (exact) mass is 635 g/mol. The fraction of sp³-hybridized carbons (Fsp3) is 0.233. The molecule has 3 N–H and O–H groups in total. The number of aliphatic hydroxyl groups is 1. The van der Waals surface area contributed by atoms with Gasteiger partial charge in [-0.15, -0.1) is 0 Å². The van der Waals surface area contributed by atoms with Crippen LogP contribution < -0.4 is 16.1 Å². The summed E-state index contributed by atoms with van der Waals surface area (Å²) in [4.78, 5) is 18.0. The van der Waals surface area contributed by atoms with Crippen LogP contribution in [0.2, 0.25) is 0 Å². The molecule has 0 saturated heterocycles. The van der Waals surface area contributed by atoms with Crippen LogP contribution in [0.1, 0.15) is 31.1 Å². The topological polar surface area (TPSA) is 140 Å². The lowest BCUT2D eigenvalue weighted by Gasteiger charge is -2.20. The minimum atomic E-state index is -4.52. The van der Waals surface area contributed by atoms with Crippen LogP contribution in [0.15, 0.2) is 77.4 Å². The zero-order valence-corrected chi connectivity index (χ0v) is 24.4. The fourth-order valence-corrected chi connectivity index (χ4v) is 4.88. The maximum atomic E-state index is 13.8. The van der Waals surface area contributed by atoms with Gasteiger partial charge in [-0.3, -0.25) is 0 Å². The molecular weight excluding hydrogens is 609 g/mol. The van der Waals surface area contributed by atoms with E-state index in [4.69, 9.17) is 13.8 Å². The van der Waals surface area contributed by atoms with Crippen molar-refractivity contribution in [1.29, 1.82) is 0 Å². The van der Waals surface area contributed by atoms with E-state index in [1.807, 2.05) is 30.3 Å². The van der Waals surface area contributed by atoms with Gasteiger partial charge in [0, 0.05) is 17.2 Å². The largest absolute Gasteiger partial charge is 0.496 e. The van der Waals surface area contributed by atoms with Gasteiger partial charge in [0.1, 0.15) is 29.6 Å². The van der Waals surface area contributed by atoms with Gasteiger partial charge in [-0.2, -0.15) is 23.1 Å². The summed E-state index contributed by atoms with van der Waals surface area (Å²) in [5, 5.41) is 20.4. The maximum absolute atomic E-state index is 13.8. The molecule has 4 heterocycles. The third-order valence-corrected chi connectivity index (χ3v) is 7.01. The average Bonchev–Trinajstić information content (AvgIpc) is 3.61. The number of anilines is 3. The van der Waals surface area contributed by atoms with E-state index < -0.39 is 37.4 Å². The van der Waals surface area contributed by atoms with Gasteiger partial charge >= 0.3 is 13.3 Å². The number of alkyl halides is 3. The molecule has 236 valence electrons. The number of fused-ring (bicyclic) bond motifs is 1. The summed E-state index contributed by atoms with van der Waals surface area (Å²) < 4.78 is 68.4. The molecule has 0 bridgehead atoms. The molecule has 3 aromatic heterocycles. The van der Waals surface area contributed by atoms with Crippen molar-refractivity contribution < 1.29 is 36.5 Å². The number of aromatic nitrogens is 5. The van der Waals surface area contributed by atoms with Gasteiger partial charge in [0.2, 0.25) is 11.8 Å². The lowest BCUT2D eigenvalue weighted by molar-refractivity contribution is -0.157. The number of pyridine rings is 1. The Morgan fingerprint density at radius 1 is 1.02 bits per heavy atom. The van der Waals surface area contributed by atoms with Crippen molar-refractivity contribution in [2.45, 2.75) is 31.7 Å². The molecule has 11 nitrogen and oxygen atoms in total. The number of aliphatic hydroxyl groups excluding tert-OH is 1. The number of hydrogen-bond acceptors (Lipinski definition) is 11. The van der Waals surface area contributed by atoms with Crippen LogP contribution in [-0.2, 0) is 14.9 Å². The van der Waals surface area contributed by atoms with Gasteiger partial charge in [-0.1, -0.05) is 53.7 Å². The van der Waals surface area contributed by atoms with E-state index in [0.29, 0.717) is 28.1 Å². The van der Waals surface area contributed by atoms with Crippen molar-refractivity contribution in [3.05, 3.63) is 90.0 Å². The maximum Gasteiger partial charge on any atom is 0.496 e. The fourth-order valence-electron chi connectivity index (χ4n) is 4.88. The highest BCUT2D eigenvalue weighted by Gasteiger charge is 2.46. The van der Waals surface area contributed by atoms with E-state index in [0.717, 1.165) is 5.56 Å². The highest BCUT2D eigenvalue weighted by molar-refractivity contribution is 6.63. The first kappa shape index (κ1) is 31.1. The third kappa shape index (κ3) is 6.83. The van der Waals surface area contributed by atoms with Crippen molar-refractivity contribution in [3.63, 3.8) is 0 Å². The predicted octanol–water partition coefficient (Wildman–Crippen LogP) is 5.16. The summed E-state index contributed by atoms with van der Waals surface area (Å²) >= 11 is 0. The first-order chi connectivity index (χ1) is 22.0. The highest BCUT2D eigenvalue weighted by Crippen LogP contribution is 2.33. The highest BCUT2D eigenvalue weighted by atomic mass is 19.4. The first-order valence-corrected chi connectivity index (χ1v) is 14.0. The molecule has 0 radical (unpaired) electrons. The van der Waals surface area contributed by atoms with Gasteiger partial charge in [0.25, 0.3) is 5.89 Å². The molecule has 1 aliphatic heterocycles. The van der Waals surface area contributed by atoms with Gasteiger partial charge < -0.3 is 29.6 Å². The Kier molecular flexibility index (Phi) is 8.42. The van der Waals surface area contributed by atoms with E-state index in [1.165, 1.54) is 24.4 Å². The molecule has 0 unspecified atom stereocenters. The summed E-state index contributed by atoms with van der Waals surface area (Å²) in [5.74, 6) is 0.332. The molecule has 16 heteroatoms. The summed E-state index contributed by atoms with van der Waals surface area (Å²) in [5.41, 5.74) is 1.21. The quantitative estimate of drug-likeness (QED) is 0.139. The van der Waals surface area contributed by atoms with Crippen molar-refractivity contribution in [2.75, 3.05) is 23.8 Å². The average molecular weight is 635 g/mol. The number of halogens is 4. The van der Waals surface area contributed by atoms with Gasteiger partial charge in [0.05, 0.1) is 23.9 Å². The molecule has 6 rings (SSSR count). The Morgan fingerprint density at radius 3 is 2.57 bits per heavy atom. The van der Waals surface area contributed by atoms with Crippen LogP contribution in [-0.4, -0.2) is 56.7 Å². The van der Waals surface area contributed by atoms with Crippen LogP contribution >= 0.6 is 0 Å². The zero-order chi connectivity index (χ0) is 32.5. The van der Waals surface area contributed by atoms with Crippen molar-refractivity contribution in [1.82, 2.24) is 25.1 Å². The Labute approximate surface area is 260 Å².